The number of hydrogen-bond acceptors (Lipinski definition) is 5. The summed E-state index contributed by atoms with van der Waals surface area (Å²) >= 11 is 0. The van der Waals surface area contributed by atoms with Gasteiger partial charge in [-0.2, -0.15) is 0 Å². The van der Waals surface area contributed by atoms with Crippen molar-refractivity contribution in [2.45, 2.75) is 39.0 Å². The maximum Gasteiger partial charge on any atom is 0.201 e. The normalized spacial score (nSPS) is 23.4. The molecule has 2 aromatic rings. The van der Waals surface area contributed by atoms with Crippen LogP contribution in [0.5, 0.6) is 0 Å². The average molecular weight is 315 g/mol. The van der Waals surface area contributed by atoms with Crippen LogP contribution in [0.15, 0.2) is 10.8 Å². The van der Waals surface area contributed by atoms with Crippen LogP contribution >= 0.6 is 0 Å². The summed E-state index contributed by atoms with van der Waals surface area (Å²) in [6.45, 7) is 5.91. The van der Waals surface area contributed by atoms with Gasteiger partial charge in [-0.3, -0.25) is 0 Å². The van der Waals surface area contributed by atoms with Gasteiger partial charge < -0.3 is 13.9 Å². The molecule has 1 saturated carbocycles. The number of nitrogens with zero attached hydrogens (tertiary/aromatic N) is 5. The van der Waals surface area contributed by atoms with Gasteiger partial charge in [-0.05, 0) is 44.6 Å². The average Bonchev–Trinajstić information content (AvgIpc) is 2.89. The van der Waals surface area contributed by atoms with Crippen LogP contribution in [0.4, 0.5) is 0 Å². The van der Waals surface area contributed by atoms with Crippen molar-refractivity contribution in [3.63, 3.8) is 0 Å². The molecule has 0 spiro atoms. The van der Waals surface area contributed by atoms with E-state index in [1.54, 1.807) is 0 Å². The molecule has 2 aromatic heterocycles. The summed E-state index contributed by atoms with van der Waals surface area (Å²) in [5.41, 5.74) is 0.857. The van der Waals surface area contributed by atoms with Gasteiger partial charge >= 0.3 is 0 Å². The Morgan fingerprint density at radius 3 is 2.74 bits per heavy atom. The molecule has 1 aliphatic carbocycles. The first-order valence-electron chi connectivity index (χ1n) is 8.73. The van der Waals surface area contributed by atoms with Crippen molar-refractivity contribution >= 4 is 0 Å². The third kappa shape index (κ3) is 3.04. The van der Waals surface area contributed by atoms with E-state index in [1.165, 1.54) is 51.7 Å². The molecule has 6 nitrogen and oxygen atoms in total. The minimum Gasteiger partial charge on any atom is -0.440 e. The number of unbranched alkanes of at least 4 members (excludes halogenated alkanes) is 2. The summed E-state index contributed by atoms with van der Waals surface area (Å²) < 4.78 is 7.45. The molecule has 2 fully saturated rings. The zero-order chi connectivity index (χ0) is 15.8. The van der Waals surface area contributed by atoms with Gasteiger partial charge in [-0.1, -0.05) is 6.42 Å². The largest absolute Gasteiger partial charge is 0.440 e. The predicted octanol–water partition coefficient (Wildman–Crippen LogP) is 2.44. The van der Waals surface area contributed by atoms with Crippen LogP contribution in [0.1, 0.15) is 37.2 Å². The van der Waals surface area contributed by atoms with Crippen LogP contribution in [-0.4, -0.2) is 44.3 Å². The standard InChI is InChI=1S/C17H25N5O/c1-12-16(23-11-18-12)17-20-19-15(21(17)2)6-4-3-5-7-22-9-13-8-14(13)10-22/h11,13-14H,3-10H2,1-2H3/t13-,14+. The minimum atomic E-state index is 0.721. The molecule has 3 heterocycles. The molecular weight excluding hydrogens is 290 g/mol. The van der Waals surface area contributed by atoms with Crippen molar-refractivity contribution in [1.29, 1.82) is 0 Å². The lowest BCUT2D eigenvalue weighted by molar-refractivity contribution is 0.297. The monoisotopic (exact) mass is 315 g/mol. The first-order chi connectivity index (χ1) is 11.2. The summed E-state index contributed by atoms with van der Waals surface area (Å²) in [5.74, 6) is 4.61. The van der Waals surface area contributed by atoms with Gasteiger partial charge in [0.2, 0.25) is 5.82 Å². The number of fused-ring (bicyclic) bond motifs is 1. The van der Waals surface area contributed by atoms with Gasteiger partial charge in [0.1, 0.15) is 5.82 Å². The van der Waals surface area contributed by atoms with E-state index in [-0.39, 0.29) is 0 Å². The summed E-state index contributed by atoms with van der Waals surface area (Å²) in [7, 11) is 2.00. The van der Waals surface area contributed by atoms with Gasteiger partial charge in [-0.25, -0.2) is 4.98 Å². The highest BCUT2D eigenvalue weighted by Gasteiger charge is 2.44. The molecule has 0 aromatic carbocycles. The Morgan fingerprint density at radius 2 is 2.00 bits per heavy atom. The second kappa shape index (κ2) is 6.07. The minimum absolute atomic E-state index is 0.721. The second-order valence-electron chi connectivity index (χ2n) is 7.09. The Kier molecular flexibility index (Phi) is 3.93. The molecule has 0 bridgehead atoms. The van der Waals surface area contributed by atoms with E-state index in [0.29, 0.717) is 0 Å². The predicted molar refractivity (Wildman–Crippen MR) is 86.8 cm³/mol. The third-order valence-corrected chi connectivity index (χ3v) is 5.34. The van der Waals surface area contributed by atoms with E-state index < -0.39 is 0 Å². The zero-order valence-corrected chi connectivity index (χ0v) is 14.0. The van der Waals surface area contributed by atoms with Crippen LogP contribution in [0.2, 0.25) is 0 Å². The highest BCUT2D eigenvalue weighted by molar-refractivity contribution is 5.49. The fourth-order valence-corrected chi connectivity index (χ4v) is 3.77. The van der Waals surface area contributed by atoms with Crippen molar-refractivity contribution in [2.24, 2.45) is 18.9 Å². The van der Waals surface area contributed by atoms with Crippen molar-refractivity contribution in [3.05, 3.63) is 17.9 Å². The first-order valence-corrected chi connectivity index (χ1v) is 8.73. The molecule has 0 unspecified atom stereocenters. The number of rotatable bonds is 7. The lowest BCUT2D eigenvalue weighted by Gasteiger charge is -2.16. The van der Waals surface area contributed by atoms with E-state index in [0.717, 1.165) is 41.4 Å². The summed E-state index contributed by atoms with van der Waals surface area (Å²) in [6.07, 6.45) is 7.65. The Morgan fingerprint density at radius 1 is 1.17 bits per heavy atom. The van der Waals surface area contributed by atoms with Gasteiger partial charge in [0.15, 0.2) is 12.2 Å². The summed E-state index contributed by atoms with van der Waals surface area (Å²) in [6, 6.07) is 0. The molecule has 6 heteroatoms. The van der Waals surface area contributed by atoms with Crippen LogP contribution in [-0.2, 0) is 13.5 Å². The number of hydrogen-bond donors (Lipinski definition) is 0. The molecule has 0 radical (unpaired) electrons. The fourth-order valence-electron chi connectivity index (χ4n) is 3.77. The second-order valence-corrected chi connectivity index (χ2v) is 7.09. The Hall–Kier alpha value is -1.69. The maximum atomic E-state index is 5.42. The quantitative estimate of drug-likeness (QED) is 0.735. The van der Waals surface area contributed by atoms with Crippen molar-refractivity contribution < 1.29 is 4.42 Å². The van der Waals surface area contributed by atoms with Gasteiger partial charge in [0, 0.05) is 26.6 Å². The lowest BCUT2D eigenvalue weighted by atomic mass is 10.2. The van der Waals surface area contributed by atoms with Crippen LogP contribution in [0.3, 0.4) is 0 Å². The topological polar surface area (TPSA) is 60.0 Å². The lowest BCUT2D eigenvalue weighted by Crippen LogP contribution is -2.23. The van der Waals surface area contributed by atoms with Crippen LogP contribution in [0.25, 0.3) is 11.6 Å². The molecule has 0 N–H and O–H groups in total. The Balaban J connectivity index is 1.23. The molecular formula is C17H25N5O. The third-order valence-electron chi connectivity index (χ3n) is 5.34. The summed E-state index contributed by atoms with van der Waals surface area (Å²) in [5, 5.41) is 8.58. The molecule has 1 aliphatic heterocycles. The molecule has 4 rings (SSSR count). The Bertz CT molecular complexity index is 666. The van der Waals surface area contributed by atoms with E-state index in [4.69, 9.17) is 4.42 Å². The number of piperidine rings is 1. The molecule has 1 saturated heterocycles. The van der Waals surface area contributed by atoms with Crippen LogP contribution < -0.4 is 0 Å². The van der Waals surface area contributed by atoms with Crippen molar-refractivity contribution in [3.8, 4) is 11.6 Å². The van der Waals surface area contributed by atoms with Gasteiger partial charge in [0.25, 0.3) is 0 Å². The fraction of sp³-hybridized carbons (Fsp3) is 0.706. The van der Waals surface area contributed by atoms with Gasteiger partial charge in [0.05, 0.1) is 5.69 Å². The highest BCUT2D eigenvalue weighted by atomic mass is 16.3. The highest BCUT2D eigenvalue weighted by Crippen LogP contribution is 2.44. The van der Waals surface area contributed by atoms with E-state index in [1.807, 2.05) is 18.5 Å². The molecule has 0 amide bonds. The van der Waals surface area contributed by atoms with Crippen molar-refractivity contribution in [2.75, 3.05) is 19.6 Å². The number of likely N-dealkylation sites (tertiary alicyclic amines) is 1. The molecule has 23 heavy (non-hydrogen) atoms. The van der Waals surface area contributed by atoms with Gasteiger partial charge in [-0.15, -0.1) is 10.2 Å². The summed E-state index contributed by atoms with van der Waals surface area (Å²) in [4.78, 5) is 6.77. The molecule has 2 aliphatic rings. The zero-order valence-electron chi connectivity index (χ0n) is 14.0. The van der Waals surface area contributed by atoms with Crippen LogP contribution in [0, 0.1) is 18.8 Å². The Labute approximate surface area is 136 Å². The number of aryl methyl sites for hydroxylation is 2. The molecule has 124 valence electrons. The SMILES string of the molecule is Cc1ncoc1-c1nnc(CCCCCN2C[C@H]3C[C@H]3C2)n1C. The number of aromatic nitrogens is 4. The number of oxazole rings is 1. The smallest absolute Gasteiger partial charge is 0.201 e. The van der Waals surface area contributed by atoms with Crippen molar-refractivity contribution in [1.82, 2.24) is 24.6 Å². The maximum absolute atomic E-state index is 5.42. The first kappa shape index (κ1) is 14.9. The van der Waals surface area contributed by atoms with E-state index in [2.05, 4.69) is 20.1 Å². The van der Waals surface area contributed by atoms with E-state index >= 15 is 0 Å². The van der Waals surface area contributed by atoms with E-state index in [9.17, 15) is 0 Å². The molecule has 2 atom stereocenters.